The molecule has 0 aliphatic rings. The van der Waals surface area contributed by atoms with Crippen LogP contribution in [0.4, 0.5) is 5.69 Å². The second-order valence-electron chi connectivity index (χ2n) is 3.62. The molecule has 2 aromatic heterocycles. The first-order valence-electron chi connectivity index (χ1n) is 5.17. The third kappa shape index (κ3) is 2.69. The van der Waals surface area contributed by atoms with Crippen molar-refractivity contribution in [2.24, 2.45) is 0 Å². The van der Waals surface area contributed by atoms with Crippen LogP contribution in [0.3, 0.4) is 0 Å². The Kier molecular flexibility index (Phi) is 3.65. The third-order valence-corrected chi connectivity index (χ3v) is 5.24. The van der Waals surface area contributed by atoms with Crippen molar-refractivity contribution < 1.29 is 13.5 Å². The van der Waals surface area contributed by atoms with Gasteiger partial charge in [-0.15, -0.1) is 11.3 Å². The van der Waals surface area contributed by atoms with Crippen LogP contribution in [0.5, 0.6) is 0 Å². The van der Waals surface area contributed by atoms with Crippen LogP contribution in [-0.4, -0.2) is 18.5 Å². The van der Waals surface area contributed by atoms with E-state index in [1.807, 2.05) is 0 Å². The molecule has 18 heavy (non-hydrogen) atoms. The van der Waals surface area contributed by atoms with E-state index < -0.39 is 10.0 Å². The summed E-state index contributed by atoms with van der Waals surface area (Å²) in [5, 5.41) is 8.94. The van der Waals surface area contributed by atoms with Crippen LogP contribution in [0, 0.1) is 6.92 Å². The SMILES string of the molecule is Cc1ncccc1NS(=O)(=O)c1ccc(CO)s1. The maximum absolute atomic E-state index is 12.1. The van der Waals surface area contributed by atoms with Crippen LogP contribution in [0.1, 0.15) is 10.6 Å². The number of pyridine rings is 1. The highest BCUT2D eigenvalue weighted by Gasteiger charge is 2.17. The Morgan fingerprint density at radius 1 is 1.39 bits per heavy atom. The number of nitrogens with one attached hydrogen (secondary N) is 1. The fourth-order valence-electron chi connectivity index (χ4n) is 1.37. The molecule has 0 atom stereocenters. The smallest absolute Gasteiger partial charge is 0.271 e. The van der Waals surface area contributed by atoms with Crippen molar-refractivity contribution in [3.63, 3.8) is 0 Å². The van der Waals surface area contributed by atoms with Crippen LogP contribution in [0.15, 0.2) is 34.7 Å². The first-order chi connectivity index (χ1) is 8.53. The van der Waals surface area contributed by atoms with E-state index in [0.717, 1.165) is 11.3 Å². The Morgan fingerprint density at radius 2 is 2.17 bits per heavy atom. The van der Waals surface area contributed by atoms with Gasteiger partial charge in [-0.1, -0.05) is 0 Å². The minimum Gasteiger partial charge on any atom is -0.391 e. The lowest BCUT2D eigenvalue weighted by atomic mass is 10.3. The summed E-state index contributed by atoms with van der Waals surface area (Å²) in [7, 11) is -3.61. The predicted octanol–water partition coefficient (Wildman–Crippen LogP) is 1.74. The fourth-order valence-corrected chi connectivity index (χ4v) is 3.71. The third-order valence-electron chi connectivity index (χ3n) is 2.31. The van der Waals surface area contributed by atoms with Crippen LogP contribution >= 0.6 is 11.3 Å². The number of aryl methyl sites for hydroxylation is 1. The van der Waals surface area contributed by atoms with E-state index in [9.17, 15) is 8.42 Å². The molecule has 0 saturated carbocycles. The monoisotopic (exact) mass is 284 g/mol. The van der Waals surface area contributed by atoms with Gasteiger partial charge in [-0.05, 0) is 31.2 Å². The molecule has 0 amide bonds. The van der Waals surface area contributed by atoms with E-state index >= 15 is 0 Å². The summed E-state index contributed by atoms with van der Waals surface area (Å²) in [5.41, 5.74) is 1.07. The van der Waals surface area contributed by atoms with E-state index in [-0.39, 0.29) is 10.8 Å². The molecule has 7 heteroatoms. The summed E-state index contributed by atoms with van der Waals surface area (Å²) in [6.07, 6.45) is 1.60. The second-order valence-corrected chi connectivity index (χ2v) is 6.70. The van der Waals surface area contributed by atoms with E-state index in [1.165, 1.54) is 6.07 Å². The summed E-state index contributed by atoms with van der Waals surface area (Å²) < 4.78 is 26.8. The molecular weight excluding hydrogens is 272 g/mol. The largest absolute Gasteiger partial charge is 0.391 e. The Bertz CT molecular complexity index is 650. The minimum absolute atomic E-state index is 0.161. The van der Waals surface area contributed by atoms with Gasteiger partial charge >= 0.3 is 0 Å². The zero-order valence-electron chi connectivity index (χ0n) is 9.62. The number of nitrogens with zero attached hydrogens (tertiary/aromatic N) is 1. The van der Waals surface area contributed by atoms with Gasteiger partial charge in [-0.2, -0.15) is 0 Å². The molecule has 96 valence electrons. The lowest BCUT2D eigenvalue weighted by Crippen LogP contribution is -2.12. The van der Waals surface area contributed by atoms with Gasteiger partial charge in [0.15, 0.2) is 0 Å². The van der Waals surface area contributed by atoms with Crippen LogP contribution in [-0.2, 0) is 16.6 Å². The van der Waals surface area contributed by atoms with Crippen molar-refractivity contribution in [1.29, 1.82) is 0 Å². The minimum atomic E-state index is -3.61. The number of hydrogen-bond acceptors (Lipinski definition) is 5. The van der Waals surface area contributed by atoms with Crippen LogP contribution < -0.4 is 4.72 Å². The molecule has 0 bridgehead atoms. The molecule has 0 aromatic carbocycles. The number of thiophene rings is 1. The molecule has 0 spiro atoms. The Labute approximate surface area is 109 Å². The van der Waals surface area contributed by atoms with E-state index in [1.54, 1.807) is 31.3 Å². The Hall–Kier alpha value is -1.44. The quantitative estimate of drug-likeness (QED) is 0.896. The number of sulfonamides is 1. The first-order valence-corrected chi connectivity index (χ1v) is 7.47. The first kappa shape index (κ1) is 13.0. The average molecular weight is 284 g/mol. The van der Waals surface area contributed by atoms with Crippen LogP contribution in [0.2, 0.25) is 0 Å². The zero-order chi connectivity index (χ0) is 13.2. The maximum Gasteiger partial charge on any atom is 0.271 e. The summed E-state index contributed by atoms with van der Waals surface area (Å²) in [5.74, 6) is 0. The lowest BCUT2D eigenvalue weighted by Gasteiger charge is -2.07. The van der Waals surface area contributed by atoms with Gasteiger partial charge < -0.3 is 5.11 Å². The van der Waals surface area contributed by atoms with Crippen molar-refractivity contribution >= 4 is 27.0 Å². The maximum atomic E-state index is 12.1. The molecule has 0 unspecified atom stereocenters. The van der Waals surface area contributed by atoms with Gasteiger partial charge in [0.25, 0.3) is 10.0 Å². The molecule has 2 rings (SSSR count). The van der Waals surface area contributed by atoms with Gasteiger partial charge in [0.05, 0.1) is 18.0 Å². The van der Waals surface area contributed by atoms with E-state index in [4.69, 9.17) is 5.11 Å². The van der Waals surface area contributed by atoms with Crippen molar-refractivity contribution in [1.82, 2.24) is 4.98 Å². The fraction of sp³-hybridized carbons (Fsp3) is 0.182. The van der Waals surface area contributed by atoms with Gasteiger partial charge in [-0.25, -0.2) is 8.42 Å². The van der Waals surface area contributed by atoms with Crippen molar-refractivity contribution in [2.45, 2.75) is 17.7 Å². The highest BCUT2D eigenvalue weighted by Crippen LogP contribution is 2.24. The van der Waals surface area contributed by atoms with E-state index in [0.29, 0.717) is 16.3 Å². The Balaban J connectivity index is 2.30. The van der Waals surface area contributed by atoms with E-state index in [2.05, 4.69) is 9.71 Å². The molecule has 0 aliphatic carbocycles. The molecular formula is C11H12N2O3S2. The molecule has 2 N–H and O–H groups in total. The number of aromatic nitrogens is 1. The summed E-state index contributed by atoms with van der Waals surface area (Å²) >= 11 is 1.04. The molecule has 5 nitrogen and oxygen atoms in total. The van der Waals surface area contributed by atoms with Crippen molar-refractivity contribution in [3.8, 4) is 0 Å². The molecule has 0 saturated heterocycles. The number of aliphatic hydroxyl groups excluding tert-OH is 1. The number of hydrogen-bond donors (Lipinski definition) is 2. The van der Waals surface area contributed by atoms with Crippen molar-refractivity contribution in [2.75, 3.05) is 4.72 Å². The highest BCUT2D eigenvalue weighted by atomic mass is 32.2. The summed E-state index contributed by atoms with van der Waals surface area (Å²) in [6.45, 7) is 1.57. The molecule has 2 heterocycles. The number of anilines is 1. The lowest BCUT2D eigenvalue weighted by molar-refractivity contribution is 0.285. The highest BCUT2D eigenvalue weighted by molar-refractivity contribution is 7.94. The van der Waals surface area contributed by atoms with Gasteiger partial charge in [0.1, 0.15) is 4.21 Å². The normalized spacial score (nSPS) is 11.4. The summed E-state index contributed by atoms with van der Waals surface area (Å²) in [4.78, 5) is 4.62. The van der Waals surface area contributed by atoms with Crippen LogP contribution in [0.25, 0.3) is 0 Å². The number of rotatable bonds is 4. The molecule has 2 aromatic rings. The van der Waals surface area contributed by atoms with Gasteiger partial charge in [-0.3, -0.25) is 9.71 Å². The topological polar surface area (TPSA) is 79.3 Å². The van der Waals surface area contributed by atoms with Gasteiger partial charge in [0.2, 0.25) is 0 Å². The molecule has 0 radical (unpaired) electrons. The molecule has 0 aliphatic heterocycles. The Morgan fingerprint density at radius 3 is 2.78 bits per heavy atom. The predicted molar refractivity (Wildman–Crippen MR) is 70.0 cm³/mol. The molecule has 0 fully saturated rings. The van der Waals surface area contributed by atoms with Crippen molar-refractivity contribution in [3.05, 3.63) is 41.0 Å². The standard InChI is InChI=1S/C11H12N2O3S2/c1-8-10(3-2-6-12-8)13-18(15,16)11-5-4-9(7-14)17-11/h2-6,13-14H,7H2,1H3. The van der Waals surface area contributed by atoms with Gasteiger partial charge in [0, 0.05) is 11.1 Å². The second kappa shape index (κ2) is 5.05. The summed E-state index contributed by atoms with van der Waals surface area (Å²) in [6, 6.07) is 6.39. The number of aliphatic hydroxyl groups is 1. The average Bonchev–Trinajstić information content (AvgIpc) is 2.81. The zero-order valence-corrected chi connectivity index (χ0v) is 11.3.